The Morgan fingerprint density at radius 1 is 1.11 bits per heavy atom. The van der Waals surface area contributed by atoms with Crippen molar-refractivity contribution in [3.63, 3.8) is 0 Å². The average Bonchev–Trinajstić information content (AvgIpc) is 2.41. The highest BCUT2D eigenvalue weighted by Crippen LogP contribution is 2.10. The Labute approximate surface area is 106 Å². The number of ether oxygens (including phenoxy) is 2. The summed E-state index contributed by atoms with van der Waals surface area (Å²) in [6, 6.07) is 0.249. The molecule has 0 atom stereocenters. The van der Waals surface area contributed by atoms with E-state index < -0.39 is 0 Å². The molecule has 0 saturated carbocycles. The fourth-order valence-electron chi connectivity index (χ4n) is 1.14. The van der Waals surface area contributed by atoms with Gasteiger partial charge in [-0.15, -0.1) is 0 Å². The van der Waals surface area contributed by atoms with Gasteiger partial charge in [0.05, 0.1) is 13.2 Å². The number of hydrazine groups is 1. The monoisotopic (exact) mass is 256 g/mol. The summed E-state index contributed by atoms with van der Waals surface area (Å²) < 4.78 is 10.5. The maximum atomic E-state index is 5.34. The third-order valence-electron chi connectivity index (χ3n) is 1.91. The molecule has 0 fully saturated rings. The van der Waals surface area contributed by atoms with Gasteiger partial charge in [-0.2, -0.15) is 15.0 Å². The van der Waals surface area contributed by atoms with Crippen molar-refractivity contribution in [3.8, 4) is 6.01 Å². The van der Waals surface area contributed by atoms with Crippen molar-refractivity contribution in [1.82, 2.24) is 15.0 Å². The number of aromatic nitrogens is 3. The minimum absolute atomic E-state index is 0.249. The molecule has 0 aliphatic carbocycles. The van der Waals surface area contributed by atoms with Gasteiger partial charge in [-0.3, -0.25) is 5.43 Å². The van der Waals surface area contributed by atoms with Crippen LogP contribution in [0.25, 0.3) is 0 Å². The molecule has 0 aromatic carbocycles. The highest BCUT2D eigenvalue weighted by molar-refractivity contribution is 5.34. The van der Waals surface area contributed by atoms with Gasteiger partial charge >= 0.3 is 6.01 Å². The minimum atomic E-state index is 0.249. The van der Waals surface area contributed by atoms with Crippen molar-refractivity contribution in [2.75, 3.05) is 37.1 Å². The van der Waals surface area contributed by atoms with E-state index in [0.717, 1.165) is 6.42 Å². The number of hydrogen-bond donors (Lipinski definition) is 3. The van der Waals surface area contributed by atoms with E-state index in [-0.39, 0.29) is 12.0 Å². The van der Waals surface area contributed by atoms with Crippen LogP contribution in [-0.4, -0.2) is 41.3 Å². The molecule has 0 spiro atoms. The second-order valence-corrected chi connectivity index (χ2v) is 3.38. The number of nitrogens with two attached hydrogens (primary N) is 1. The van der Waals surface area contributed by atoms with E-state index in [2.05, 4.69) is 25.7 Å². The number of rotatable bonds is 9. The molecule has 1 heterocycles. The van der Waals surface area contributed by atoms with E-state index in [4.69, 9.17) is 15.3 Å². The van der Waals surface area contributed by atoms with E-state index in [0.29, 0.717) is 32.3 Å². The summed E-state index contributed by atoms with van der Waals surface area (Å²) in [7, 11) is 0. The predicted molar refractivity (Wildman–Crippen MR) is 68.4 cm³/mol. The Kier molecular flexibility index (Phi) is 6.74. The molecule has 0 saturated heterocycles. The molecule has 102 valence electrons. The standard InChI is InChI=1S/C10H20N6O2/c1-3-6-18-10-14-8(12-5-7-17-4-2)13-9(15-10)16-11/h3-7,11H2,1-2H3,(H2,12,13,14,15,16). The van der Waals surface area contributed by atoms with Crippen molar-refractivity contribution in [2.45, 2.75) is 20.3 Å². The van der Waals surface area contributed by atoms with Gasteiger partial charge in [-0.05, 0) is 13.3 Å². The molecule has 0 aliphatic rings. The zero-order valence-corrected chi connectivity index (χ0v) is 10.8. The lowest BCUT2D eigenvalue weighted by Gasteiger charge is -2.08. The van der Waals surface area contributed by atoms with Crippen LogP contribution in [0, 0.1) is 0 Å². The van der Waals surface area contributed by atoms with E-state index in [1.54, 1.807) is 0 Å². The number of nitrogen functional groups attached to an aromatic ring is 1. The second-order valence-electron chi connectivity index (χ2n) is 3.38. The summed E-state index contributed by atoms with van der Waals surface area (Å²) in [5.74, 6) is 5.95. The highest BCUT2D eigenvalue weighted by Gasteiger charge is 2.06. The molecule has 8 heteroatoms. The van der Waals surface area contributed by atoms with Crippen LogP contribution in [-0.2, 0) is 4.74 Å². The lowest BCUT2D eigenvalue weighted by molar-refractivity contribution is 0.158. The van der Waals surface area contributed by atoms with E-state index >= 15 is 0 Å². The molecule has 0 aliphatic heterocycles. The van der Waals surface area contributed by atoms with Crippen molar-refractivity contribution in [1.29, 1.82) is 0 Å². The van der Waals surface area contributed by atoms with E-state index in [1.165, 1.54) is 0 Å². The van der Waals surface area contributed by atoms with Crippen LogP contribution in [0.4, 0.5) is 11.9 Å². The summed E-state index contributed by atoms with van der Waals surface area (Å²) in [4.78, 5) is 12.1. The summed E-state index contributed by atoms with van der Waals surface area (Å²) in [6.07, 6.45) is 0.879. The van der Waals surface area contributed by atoms with E-state index in [9.17, 15) is 0 Å². The number of nitrogens with zero attached hydrogens (tertiary/aromatic N) is 3. The van der Waals surface area contributed by atoms with Crippen LogP contribution < -0.4 is 21.3 Å². The first-order valence-electron chi connectivity index (χ1n) is 5.97. The molecular weight excluding hydrogens is 236 g/mol. The summed E-state index contributed by atoms with van der Waals surface area (Å²) >= 11 is 0. The van der Waals surface area contributed by atoms with Crippen LogP contribution in [0.5, 0.6) is 6.01 Å². The molecule has 0 radical (unpaired) electrons. The summed E-state index contributed by atoms with van der Waals surface area (Å²) in [6.45, 7) is 6.36. The predicted octanol–water partition coefficient (Wildman–Crippen LogP) is 0.394. The van der Waals surface area contributed by atoms with Crippen LogP contribution in [0.1, 0.15) is 20.3 Å². The Morgan fingerprint density at radius 2 is 1.89 bits per heavy atom. The normalized spacial score (nSPS) is 10.2. The maximum Gasteiger partial charge on any atom is 0.323 e. The van der Waals surface area contributed by atoms with Crippen LogP contribution >= 0.6 is 0 Å². The summed E-state index contributed by atoms with van der Waals surface area (Å²) in [5.41, 5.74) is 2.37. The van der Waals surface area contributed by atoms with Crippen molar-refractivity contribution in [3.05, 3.63) is 0 Å². The zero-order chi connectivity index (χ0) is 13.2. The Morgan fingerprint density at radius 3 is 2.56 bits per heavy atom. The molecule has 0 unspecified atom stereocenters. The topological polar surface area (TPSA) is 107 Å². The first-order valence-corrected chi connectivity index (χ1v) is 5.97. The van der Waals surface area contributed by atoms with Crippen molar-refractivity contribution in [2.24, 2.45) is 5.84 Å². The van der Waals surface area contributed by atoms with Gasteiger partial charge in [0.25, 0.3) is 0 Å². The molecule has 1 aromatic rings. The van der Waals surface area contributed by atoms with Gasteiger partial charge < -0.3 is 14.8 Å². The molecule has 8 nitrogen and oxygen atoms in total. The van der Waals surface area contributed by atoms with Crippen LogP contribution in [0.2, 0.25) is 0 Å². The average molecular weight is 256 g/mol. The van der Waals surface area contributed by atoms with Gasteiger partial charge in [0, 0.05) is 13.2 Å². The fourth-order valence-corrected chi connectivity index (χ4v) is 1.14. The molecular formula is C10H20N6O2. The second kappa shape index (κ2) is 8.43. The smallest absolute Gasteiger partial charge is 0.323 e. The Bertz CT molecular complexity index is 349. The Balaban J connectivity index is 2.58. The number of anilines is 2. The lowest BCUT2D eigenvalue weighted by Crippen LogP contribution is -2.16. The van der Waals surface area contributed by atoms with Gasteiger partial charge in [0.2, 0.25) is 11.9 Å². The molecule has 0 amide bonds. The zero-order valence-electron chi connectivity index (χ0n) is 10.8. The molecule has 0 bridgehead atoms. The molecule has 1 aromatic heterocycles. The number of nitrogens with one attached hydrogen (secondary N) is 2. The first-order chi connectivity index (χ1) is 8.80. The lowest BCUT2D eigenvalue weighted by atomic mass is 10.5. The van der Waals surface area contributed by atoms with Gasteiger partial charge in [0.1, 0.15) is 0 Å². The van der Waals surface area contributed by atoms with E-state index in [1.807, 2.05) is 13.8 Å². The highest BCUT2D eigenvalue weighted by atomic mass is 16.5. The van der Waals surface area contributed by atoms with Gasteiger partial charge in [0.15, 0.2) is 0 Å². The maximum absolute atomic E-state index is 5.34. The quantitative estimate of drug-likeness (QED) is 0.331. The summed E-state index contributed by atoms with van der Waals surface area (Å²) in [5, 5.41) is 3.01. The molecule has 18 heavy (non-hydrogen) atoms. The van der Waals surface area contributed by atoms with Crippen LogP contribution in [0.15, 0.2) is 0 Å². The number of hydrogen-bond acceptors (Lipinski definition) is 8. The third-order valence-corrected chi connectivity index (χ3v) is 1.91. The van der Waals surface area contributed by atoms with Crippen molar-refractivity contribution < 1.29 is 9.47 Å². The molecule has 1 rings (SSSR count). The first kappa shape index (κ1) is 14.4. The van der Waals surface area contributed by atoms with Gasteiger partial charge in [-0.1, -0.05) is 6.92 Å². The third kappa shape index (κ3) is 5.11. The van der Waals surface area contributed by atoms with Crippen molar-refractivity contribution >= 4 is 11.9 Å². The fraction of sp³-hybridized carbons (Fsp3) is 0.700. The van der Waals surface area contributed by atoms with Crippen LogP contribution in [0.3, 0.4) is 0 Å². The Hall–Kier alpha value is -1.67. The molecule has 4 N–H and O–H groups in total. The SMILES string of the molecule is CCCOc1nc(NN)nc(NCCOCC)n1. The van der Waals surface area contributed by atoms with Gasteiger partial charge in [-0.25, -0.2) is 5.84 Å². The largest absolute Gasteiger partial charge is 0.463 e. The minimum Gasteiger partial charge on any atom is -0.463 e.